The van der Waals surface area contributed by atoms with Gasteiger partial charge in [-0.15, -0.1) is 0 Å². The molecule has 0 N–H and O–H groups in total. The Labute approximate surface area is 146 Å². The molecule has 0 atom stereocenters. The Morgan fingerprint density at radius 2 is 1.80 bits per heavy atom. The number of hydrogen-bond acceptors (Lipinski definition) is 5. The van der Waals surface area contributed by atoms with Crippen molar-refractivity contribution in [3.8, 4) is 17.3 Å². The average Bonchev–Trinajstić information content (AvgIpc) is 2.84. The Bertz CT molecular complexity index is 938. The van der Waals surface area contributed by atoms with Crippen LogP contribution in [0.1, 0.15) is 17.0 Å². The summed E-state index contributed by atoms with van der Waals surface area (Å²) in [6.07, 6.45) is 4.90. The van der Waals surface area contributed by atoms with Crippen molar-refractivity contribution >= 4 is 5.82 Å². The topological polar surface area (TPSA) is 70.6 Å². The van der Waals surface area contributed by atoms with Crippen molar-refractivity contribution in [3.05, 3.63) is 59.7 Å². The van der Waals surface area contributed by atoms with Crippen LogP contribution < -0.4 is 4.90 Å². The van der Waals surface area contributed by atoms with E-state index >= 15 is 0 Å². The highest BCUT2D eigenvalue weighted by Crippen LogP contribution is 2.29. The lowest BCUT2D eigenvalue weighted by Gasteiger charge is -2.21. The van der Waals surface area contributed by atoms with Crippen molar-refractivity contribution in [1.29, 1.82) is 5.26 Å². The maximum absolute atomic E-state index is 9.29. The van der Waals surface area contributed by atoms with Crippen molar-refractivity contribution < 1.29 is 0 Å². The fraction of sp³-hybridized carbons (Fsp3) is 0.263. The Balaban J connectivity index is 1.68. The lowest BCUT2D eigenvalue weighted by molar-refractivity contribution is 0.724. The number of fused-ring (bicyclic) bond motifs is 1. The molecular weight excluding hydrogens is 312 g/mol. The van der Waals surface area contributed by atoms with Crippen LogP contribution in [-0.4, -0.2) is 32.8 Å². The minimum atomic E-state index is 0.380. The molecule has 0 spiro atoms. The van der Waals surface area contributed by atoms with E-state index in [-0.39, 0.29) is 0 Å². The number of nitriles is 1. The van der Waals surface area contributed by atoms with Gasteiger partial charge in [0.15, 0.2) is 11.5 Å². The predicted molar refractivity (Wildman–Crippen MR) is 95.0 cm³/mol. The third kappa shape index (κ3) is 2.74. The minimum absolute atomic E-state index is 0.380. The average molecular weight is 330 g/mol. The van der Waals surface area contributed by atoms with Gasteiger partial charge in [-0.3, -0.25) is 4.68 Å². The van der Waals surface area contributed by atoms with Crippen LogP contribution in [0.25, 0.3) is 11.3 Å². The van der Waals surface area contributed by atoms with Crippen molar-refractivity contribution in [1.82, 2.24) is 19.7 Å². The molecule has 0 bridgehead atoms. The largest absolute Gasteiger partial charge is 0.353 e. The van der Waals surface area contributed by atoms with Gasteiger partial charge in [0.05, 0.1) is 11.4 Å². The van der Waals surface area contributed by atoms with Gasteiger partial charge in [0, 0.05) is 50.1 Å². The lowest BCUT2D eigenvalue weighted by Crippen LogP contribution is -2.28. The predicted octanol–water partition coefficient (Wildman–Crippen LogP) is 2.35. The van der Waals surface area contributed by atoms with E-state index < -0.39 is 0 Å². The van der Waals surface area contributed by atoms with Crippen LogP contribution in [0.4, 0.5) is 5.82 Å². The highest BCUT2D eigenvalue weighted by atomic mass is 15.3. The van der Waals surface area contributed by atoms with Gasteiger partial charge < -0.3 is 4.90 Å². The van der Waals surface area contributed by atoms with Gasteiger partial charge >= 0.3 is 0 Å². The molecule has 25 heavy (non-hydrogen) atoms. The molecule has 3 heterocycles. The first kappa shape index (κ1) is 15.3. The summed E-state index contributed by atoms with van der Waals surface area (Å²) in [6.45, 7) is 1.58. The van der Waals surface area contributed by atoms with Crippen LogP contribution in [0.15, 0.2) is 42.7 Å². The van der Waals surface area contributed by atoms with E-state index in [1.54, 1.807) is 12.4 Å². The summed E-state index contributed by atoms with van der Waals surface area (Å²) >= 11 is 0. The number of benzene rings is 1. The zero-order valence-electron chi connectivity index (χ0n) is 14.1. The highest BCUT2D eigenvalue weighted by molar-refractivity contribution is 5.65. The fourth-order valence-corrected chi connectivity index (χ4v) is 3.50. The van der Waals surface area contributed by atoms with Crippen LogP contribution in [-0.2, 0) is 19.9 Å². The highest BCUT2D eigenvalue weighted by Gasteiger charge is 2.24. The smallest absolute Gasteiger partial charge is 0.183 e. The molecule has 1 aliphatic rings. The molecule has 3 aromatic rings. The molecule has 6 heteroatoms. The normalized spacial score (nSPS) is 13.8. The maximum atomic E-state index is 9.29. The van der Waals surface area contributed by atoms with Crippen LogP contribution in [0.3, 0.4) is 0 Å². The molecule has 0 radical (unpaired) electrons. The molecule has 0 saturated carbocycles. The van der Waals surface area contributed by atoms with E-state index in [1.807, 2.05) is 17.8 Å². The molecule has 0 amide bonds. The van der Waals surface area contributed by atoms with Gasteiger partial charge in [-0.2, -0.15) is 10.4 Å². The van der Waals surface area contributed by atoms with E-state index in [2.05, 4.69) is 45.2 Å². The Hall–Kier alpha value is -3.20. The fourth-order valence-electron chi connectivity index (χ4n) is 3.50. The molecular formula is C19H18N6. The second-order valence-electron chi connectivity index (χ2n) is 6.09. The van der Waals surface area contributed by atoms with Gasteiger partial charge in [-0.05, 0) is 6.42 Å². The summed E-state index contributed by atoms with van der Waals surface area (Å²) in [5, 5.41) is 14.0. The van der Waals surface area contributed by atoms with E-state index in [4.69, 9.17) is 5.10 Å². The Kier molecular flexibility index (Phi) is 3.90. The van der Waals surface area contributed by atoms with Crippen LogP contribution in [0, 0.1) is 11.3 Å². The van der Waals surface area contributed by atoms with Crippen LogP contribution >= 0.6 is 0 Å². The number of hydrogen-bond donors (Lipinski definition) is 0. The standard InChI is InChI=1S/C19H18N6/c1-24-18(14-5-3-2-4-6-14)15-7-11-25(12-8-16(15)23-24)19-17(13-20)21-9-10-22-19/h2-6,9-10H,7-8,11-12H2,1H3. The van der Waals surface area contributed by atoms with Crippen molar-refractivity contribution in [2.24, 2.45) is 7.05 Å². The maximum Gasteiger partial charge on any atom is 0.183 e. The molecule has 6 nitrogen and oxygen atoms in total. The Morgan fingerprint density at radius 3 is 2.60 bits per heavy atom. The van der Waals surface area contributed by atoms with Crippen molar-refractivity contribution in [2.45, 2.75) is 12.8 Å². The first-order valence-electron chi connectivity index (χ1n) is 8.34. The lowest BCUT2D eigenvalue weighted by atomic mass is 10.0. The molecule has 1 aliphatic heterocycles. The zero-order chi connectivity index (χ0) is 17.2. The zero-order valence-corrected chi connectivity index (χ0v) is 14.1. The van der Waals surface area contributed by atoms with Crippen molar-refractivity contribution in [3.63, 3.8) is 0 Å². The first-order chi connectivity index (χ1) is 12.3. The number of nitrogens with zero attached hydrogens (tertiary/aromatic N) is 6. The molecule has 0 aliphatic carbocycles. The first-order valence-corrected chi connectivity index (χ1v) is 8.34. The third-order valence-corrected chi connectivity index (χ3v) is 4.61. The molecule has 0 fully saturated rings. The summed E-state index contributed by atoms with van der Waals surface area (Å²) in [7, 11) is 2.01. The summed E-state index contributed by atoms with van der Waals surface area (Å²) in [4.78, 5) is 10.7. The third-order valence-electron chi connectivity index (χ3n) is 4.61. The number of rotatable bonds is 2. The summed E-state index contributed by atoms with van der Waals surface area (Å²) in [5.41, 5.74) is 5.16. The van der Waals surface area contributed by atoms with Gasteiger partial charge in [-0.25, -0.2) is 9.97 Å². The van der Waals surface area contributed by atoms with E-state index in [9.17, 15) is 5.26 Å². The van der Waals surface area contributed by atoms with Gasteiger partial charge in [0.2, 0.25) is 0 Å². The van der Waals surface area contributed by atoms with Gasteiger partial charge in [0.1, 0.15) is 6.07 Å². The second kappa shape index (κ2) is 6.36. The van der Waals surface area contributed by atoms with E-state index in [0.717, 1.165) is 31.6 Å². The molecule has 4 rings (SSSR count). The van der Waals surface area contributed by atoms with Gasteiger partial charge in [0.25, 0.3) is 0 Å². The number of aromatic nitrogens is 4. The molecule has 0 unspecified atom stereocenters. The second-order valence-corrected chi connectivity index (χ2v) is 6.09. The minimum Gasteiger partial charge on any atom is -0.353 e. The van der Waals surface area contributed by atoms with Gasteiger partial charge in [-0.1, -0.05) is 30.3 Å². The summed E-state index contributed by atoms with van der Waals surface area (Å²) in [5.74, 6) is 0.667. The quantitative estimate of drug-likeness (QED) is 0.721. The number of aryl methyl sites for hydroxylation is 1. The van der Waals surface area contributed by atoms with E-state index in [0.29, 0.717) is 11.5 Å². The monoisotopic (exact) mass is 330 g/mol. The molecule has 0 saturated heterocycles. The summed E-state index contributed by atoms with van der Waals surface area (Å²) in [6, 6.07) is 12.5. The molecule has 2 aromatic heterocycles. The van der Waals surface area contributed by atoms with Crippen LogP contribution in [0.5, 0.6) is 0 Å². The molecule has 1 aromatic carbocycles. The summed E-state index contributed by atoms with van der Waals surface area (Å²) < 4.78 is 1.98. The van der Waals surface area contributed by atoms with Crippen LogP contribution in [0.2, 0.25) is 0 Å². The van der Waals surface area contributed by atoms with Crippen molar-refractivity contribution in [2.75, 3.05) is 18.0 Å². The SMILES string of the molecule is Cn1nc2c(c1-c1ccccc1)CCN(c1nccnc1C#N)CC2. The van der Waals surface area contributed by atoms with E-state index in [1.165, 1.54) is 16.8 Å². The number of anilines is 1. The Morgan fingerprint density at radius 1 is 1.04 bits per heavy atom. The molecule has 124 valence electrons.